The second-order valence-corrected chi connectivity index (χ2v) is 6.47. The fourth-order valence-corrected chi connectivity index (χ4v) is 3.13. The lowest BCUT2D eigenvalue weighted by molar-refractivity contribution is 0.444. The summed E-state index contributed by atoms with van der Waals surface area (Å²) in [5.41, 5.74) is 2.53. The molecule has 0 aliphatic carbocycles. The maximum Gasteiger partial charge on any atom is 0.196 e. The zero-order chi connectivity index (χ0) is 18.8. The molecule has 0 spiro atoms. The van der Waals surface area contributed by atoms with Crippen molar-refractivity contribution in [1.82, 2.24) is 19.4 Å². The van der Waals surface area contributed by atoms with E-state index in [2.05, 4.69) is 17.2 Å². The fraction of sp³-hybridized carbons (Fsp3) is 0.316. The van der Waals surface area contributed by atoms with Crippen molar-refractivity contribution in [2.75, 3.05) is 0 Å². The van der Waals surface area contributed by atoms with Crippen LogP contribution in [0.5, 0.6) is 0 Å². The van der Waals surface area contributed by atoms with Gasteiger partial charge in [0.2, 0.25) is 0 Å². The van der Waals surface area contributed by atoms with E-state index in [1.54, 1.807) is 17.1 Å². The monoisotopic (exact) mass is 398 g/mol. The Balaban J connectivity index is 0.00000261. The molecular weight excluding hydrogens is 377 g/mol. The number of hydrogen-bond donors (Lipinski definition) is 1. The van der Waals surface area contributed by atoms with Gasteiger partial charge in [-0.15, -0.1) is 12.4 Å². The van der Waals surface area contributed by atoms with Crippen LogP contribution in [0, 0.1) is 31.3 Å². The van der Waals surface area contributed by atoms with Crippen LogP contribution < -0.4 is 5.32 Å². The van der Waals surface area contributed by atoms with E-state index in [0.29, 0.717) is 6.54 Å². The van der Waals surface area contributed by atoms with Crippen LogP contribution in [0.15, 0.2) is 36.9 Å². The predicted molar refractivity (Wildman–Crippen MR) is 101 cm³/mol. The maximum atomic E-state index is 14.2. The SMILES string of the molecule is Cc1cc(CNC(C)Cn2ccnc2)c(C)n1-c1ccc(F)c(F)c1F.Cl. The third-order valence-corrected chi connectivity index (χ3v) is 4.48. The van der Waals surface area contributed by atoms with E-state index in [1.165, 1.54) is 6.07 Å². The van der Waals surface area contributed by atoms with Crippen molar-refractivity contribution in [2.45, 2.75) is 39.9 Å². The third kappa shape index (κ3) is 4.36. The Morgan fingerprint density at radius 3 is 2.56 bits per heavy atom. The number of nitrogens with zero attached hydrogens (tertiary/aromatic N) is 3. The summed E-state index contributed by atoms with van der Waals surface area (Å²) in [7, 11) is 0. The van der Waals surface area contributed by atoms with Crippen LogP contribution in [-0.4, -0.2) is 20.2 Å². The summed E-state index contributed by atoms with van der Waals surface area (Å²) in [5, 5.41) is 3.42. The zero-order valence-corrected chi connectivity index (χ0v) is 16.2. The van der Waals surface area contributed by atoms with E-state index in [9.17, 15) is 13.2 Å². The number of hydrogen-bond acceptors (Lipinski definition) is 2. The van der Waals surface area contributed by atoms with E-state index in [0.717, 1.165) is 29.6 Å². The topological polar surface area (TPSA) is 34.8 Å². The average molecular weight is 399 g/mol. The Kier molecular flexibility index (Phi) is 6.73. The Bertz CT molecular complexity index is 906. The summed E-state index contributed by atoms with van der Waals surface area (Å²) in [6.07, 6.45) is 5.39. The maximum absolute atomic E-state index is 14.2. The lowest BCUT2D eigenvalue weighted by Crippen LogP contribution is -2.29. The Morgan fingerprint density at radius 1 is 1.15 bits per heavy atom. The van der Waals surface area contributed by atoms with Gasteiger partial charge in [-0.05, 0) is 44.5 Å². The van der Waals surface area contributed by atoms with E-state index in [1.807, 2.05) is 30.7 Å². The number of nitrogens with one attached hydrogen (secondary N) is 1. The largest absolute Gasteiger partial charge is 0.336 e. The fourth-order valence-electron chi connectivity index (χ4n) is 3.13. The van der Waals surface area contributed by atoms with Gasteiger partial charge in [0.1, 0.15) is 0 Å². The third-order valence-electron chi connectivity index (χ3n) is 4.48. The lowest BCUT2D eigenvalue weighted by atomic mass is 10.2. The van der Waals surface area contributed by atoms with Gasteiger partial charge in [0.25, 0.3) is 0 Å². The van der Waals surface area contributed by atoms with E-state index < -0.39 is 17.5 Å². The second kappa shape index (κ2) is 8.63. The number of imidazole rings is 1. The highest BCUT2D eigenvalue weighted by Crippen LogP contribution is 2.25. The molecule has 8 heteroatoms. The van der Waals surface area contributed by atoms with Crippen LogP contribution in [-0.2, 0) is 13.1 Å². The summed E-state index contributed by atoms with van der Waals surface area (Å²) in [6.45, 7) is 7.07. The Labute approximate surface area is 162 Å². The van der Waals surface area contributed by atoms with Crippen LogP contribution >= 0.6 is 12.4 Å². The molecule has 0 bridgehead atoms. The molecule has 0 fully saturated rings. The van der Waals surface area contributed by atoms with Crippen molar-refractivity contribution < 1.29 is 13.2 Å². The van der Waals surface area contributed by atoms with Gasteiger partial charge >= 0.3 is 0 Å². The van der Waals surface area contributed by atoms with Crippen molar-refractivity contribution in [3.05, 3.63) is 71.3 Å². The Morgan fingerprint density at radius 2 is 1.89 bits per heavy atom. The zero-order valence-electron chi connectivity index (χ0n) is 15.3. The number of rotatable bonds is 6. The molecule has 0 saturated carbocycles. The minimum atomic E-state index is -1.45. The normalized spacial score (nSPS) is 12.1. The van der Waals surface area contributed by atoms with Gasteiger partial charge in [0, 0.05) is 42.9 Å². The quantitative estimate of drug-likeness (QED) is 0.628. The number of aromatic nitrogens is 3. The van der Waals surface area contributed by atoms with Crippen molar-refractivity contribution in [1.29, 1.82) is 0 Å². The molecule has 1 unspecified atom stereocenters. The summed E-state index contributed by atoms with van der Waals surface area (Å²) < 4.78 is 44.6. The van der Waals surface area contributed by atoms with Gasteiger partial charge in [-0.1, -0.05) is 0 Å². The van der Waals surface area contributed by atoms with E-state index in [-0.39, 0.29) is 24.1 Å². The summed E-state index contributed by atoms with van der Waals surface area (Å²) in [5.74, 6) is -3.83. The highest BCUT2D eigenvalue weighted by molar-refractivity contribution is 5.85. The van der Waals surface area contributed by atoms with E-state index >= 15 is 0 Å². The highest BCUT2D eigenvalue weighted by atomic mass is 35.5. The number of halogens is 4. The van der Waals surface area contributed by atoms with Crippen molar-refractivity contribution in [3.8, 4) is 5.69 Å². The molecule has 4 nitrogen and oxygen atoms in total. The molecule has 0 amide bonds. The van der Waals surface area contributed by atoms with Gasteiger partial charge in [0.05, 0.1) is 12.0 Å². The molecule has 27 heavy (non-hydrogen) atoms. The van der Waals surface area contributed by atoms with E-state index in [4.69, 9.17) is 0 Å². The molecule has 1 N–H and O–H groups in total. The predicted octanol–water partition coefficient (Wildman–Crippen LogP) is 4.31. The summed E-state index contributed by atoms with van der Waals surface area (Å²) in [6, 6.07) is 4.32. The van der Waals surface area contributed by atoms with Gasteiger partial charge < -0.3 is 14.5 Å². The first-order chi connectivity index (χ1) is 12.4. The molecule has 0 aliphatic heterocycles. The Hall–Kier alpha value is -2.25. The van der Waals surface area contributed by atoms with Crippen LogP contribution in [0.1, 0.15) is 23.9 Å². The molecule has 3 rings (SSSR count). The molecule has 0 radical (unpaired) electrons. The molecule has 2 heterocycles. The average Bonchev–Trinajstić information content (AvgIpc) is 3.20. The second-order valence-electron chi connectivity index (χ2n) is 6.47. The van der Waals surface area contributed by atoms with Crippen LogP contribution in [0.2, 0.25) is 0 Å². The van der Waals surface area contributed by atoms with Crippen LogP contribution in [0.3, 0.4) is 0 Å². The first kappa shape index (κ1) is 21.1. The van der Waals surface area contributed by atoms with Gasteiger partial charge in [-0.25, -0.2) is 18.2 Å². The first-order valence-corrected chi connectivity index (χ1v) is 8.39. The highest BCUT2D eigenvalue weighted by Gasteiger charge is 2.19. The standard InChI is InChI=1S/C19H21F3N4.ClH/c1-12(10-25-7-6-23-11-25)24-9-15-8-13(2)26(14(15)3)17-5-4-16(20)18(21)19(17)22;/h4-8,11-12,24H,9-10H2,1-3H3;1H. The van der Waals surface area contributed by atoms with Crippen molar-refractivity contribution in [3.63, 3.8) is 0 Å². The molecule has 1 atom stereocenters. The van der Waals surface area contributed by atoms with Crippen molar-refractivity contribution >= 4 is 12.4 Å². The first-order valence-electron chi connectivity index (χ1n) is 8.39. The molecule has 0 saturated heterocycles. The number of benzene rings is 1. The van der Waals surface area contributed by atoms with Crippen LogP contribution in [0.25, 0.3) is 5.69 Å². The molecule has 146 valence electrons. The molecular formula is C19H22ClF3N4. The summed E-state index contributed by atoms with van der Waals surface area (Å²) >= 11 is 0. The van der Waals surface area contributed by atoms with Gasteiger partial charge in [0.15, 0.2) is 17.5 Å². The van der Waals surface area contributed by atoms with Crippen LogP contribution in [0.4, 0.5) is 13.2 Å². The smallest absolute Gasteiger partial charge is 0.196 e. The lowest BCUT2D eigenvalue weighted by Gasteiger charge is -2.15. The van der Waals surface area contributed by atoms with Gasteiger partial charge in [-0.2, -0.15) is 0 Å². The minimum Gasteiger partial charge on any atom is -0.336 e. The van der Waals surface area contributed by atoms with Crippen molar-refractivity contribution in [2.24, 2.45) is 0 Å². The molecule has 3 aromatic rings. The molecule has 1 aromatic carbocycles. The number of aryl methyl sites for hydroxylation is 1. The van der Waals surface area contributed by atoms with Gasteiger partial charge in [-0.3, -0.25) is 0 Å². The summed E-state index contributed by atoms with van der Waals surface area (Å²) in [4.78, 5) is 4.02. The molecule has 2 aromatic heterocycles. The minimum absolute atomic E-state index is 0. The molecule has 0 aliphatic rings.